The zero-order valence-electron chi connectivity index (χ0n) is 25.1. The summed E-state index contributed by atoms with van der Waals surface area (Å²) in [7, 11) is 0. The fourth-order valence-corrected chi connectivity index (χ4v) is 5.49. The number of aliphatic hydroxyl groups is 1. The van der Waals surface area contributed by atoms with E-state index in [1.54, 1.807) is 12.1 Å². The first kappa shape index (κ1) is 30.8. The van der Waals surface area contributed by atoms with Gasteiger partial charge in [0.05, 0.1) is 32.0 Å². The highest BCUT2D eigenvalue weighted by Crippen LogP contribution is 2.38. The molecule has 0 aromatic heterocycles. The summed E-state index contributed by atoms with van der Waals surface area (Å²) in [5, 5.41) is 15.2. The topological polar surface area (TPSA) is 102 Å². The maximum absolute atomic E-state index is 12.6. The van der Waals surface area contributed by atoms with Crippen LogP contribution in [0.5, 0.6) is 11.5 Å². The van der Waals surface area contributed by atoms with Crippen LogP contribution in [0.1, 0.15) is 41.1 Å². The molecule has 6 rings (SSSR count). The van der Waals surface area contributed by atoms with Crippen molar-refractivity contribution >= 4 is 11.7 Å². The molecule has 4 aromatic rings. The Morgan fingerprint density at radius 3 is 2.18 bits per heavy atom. The Balaban J connectivity index is 1.04. The van der Waals surface area contributed by atoms with Crippen LogP contribution in [-0.2, 0) is 27.4 Å². The van der Waals surface area contributed by atoms with E-state index in [1.807, 2.05) is 91.0 Å². The van der Waals surface area contributed by atoms with Crippen LogP contribution < -0.4 is 15.4 Å². The Labute approximate surface area is 263 Å². The van der Waals surface area contributed by atoms with Crippen molar-refractivity contribution in [2.75, 3.05) is 38.2 Å². The van der Waals surface area contributed by atoms with Crippen molar-refractivity contribution in [3.63, 3.8) is 0 Å². The van der Waals surface area contributed by atoms with Gasteiger partial charge in [0.15, 0.2) is 6.29 Å². The zero-order chi connectivity index (χ0) is 30.8. The number of rotatable bonds is 10. The van der Waals surface area contributed by atoms with E-state index in [2.05, 4.69) is 15.5 Å². The molecule has 234 valence electrons. The van der Waals surface area contributed by atoms with E-state index in [0.29, 0.717) is 18.0 Å². The number of nitrogens with zero attached hydrogens (tertiary/aromatic N) is 1. The van der Waals surface area contributed by atoms with Crippen molar-refractivity contribution in [1.29, 1.82) is 0 Å². The minimum absolute atomic E-state index is 0.00613. The SMILES string of the molecule is O=C(NCc1ccc([C@H]2O[C@@H](CN3CCOCC3)C[C@@H](c3ccc(CO)cc3)O2)cc1)Nc1ccc(Oc2ccccc2)cc1. The molecule has 3 atom stereocenters. The highest BCUT2D eigenvalue weighted by Gasteiger charge is 2.33. The maximum Gasteiger partial charge on any atom is 0.319 e. The third kappa shape index (κ3) is 8.69. The lowest BCUT2D eigenvalue weighted by Gasteiger charge is -2.39. The quantitative estimate of drug-likeness (QED) is 0.198. The standard InChI is InChI=1S/C36H39N3O6/c40-25-27-8-10-28(11-9-27)34-22-33(24-39-18-20-42-21-19-39)44-35(45-34)29-12-6-26(7-13-29)23-37-36(41)38-30-14-16-32(17-15-30)43-31-4-2-1-3-5-31/h1-17,33-35,40H,18-25H2,(H2,37,38,41)/t33-,34+,35+/m1/s1. The number of ether oxygens (including phenoxy) is 4. The van der Waals surface area contributed by atoms with Crippen LogP contribution in [0, 0.1) is 0 Å². The van der Waals surface area contributed by atoms with Crippen molar-refractivity contribution in [3.05, 3.63) is 125 Å². The van der Waals surface area contributed by atoms with Gasteiger partial charge in [-0.2, -0.15) is 0 Å². The van der Waals surface area contributed by atoms with Crippen LogP contribution in [0.3, 0.4) is 0 Å². The van der Waals surface area contributed by atoms with Crippen molar-refractivity contribution in [2.45, 2.75) is 38.1 Å². The van der Waals surface area contributed by atoms with Gasteiger partial charge < -0.3 is 34.7 Å². The summed E-state index contributed by atoms with van der Waals surface area (Å²) in [4.78, 5) is 15.0. The molecule has 2 aliphatic rings. The molecule has 2 heterocycles. The van der Waals surface area contributed by atoms with Gasteiger partial charge in [-0.05, 0) is 53.1 Å². The normalized spacial score (nSPS) is 20.3. The number of anilines is 1. The average molecular weight is 610 g/mol. The maximum atomic E-state index is 12.6. The van der Waals surface area contributed by atoms with Gasteiger partial charge in [-0.3, -0.25) is 4.90 Å². The Morgan fingerprint density at radius 2 is 1.47 bits per heavy atom. The Bertz CT molecular complexity index is 1490. The molecular weight excluding hydrogens is 570 g/mol. The minimum atomic E-state index is -0.522. The number of benzene rings is 4. The molecule has 3 N–H and O–H groups in total. The van der Waals surface area contributed by atoms with E-state index in [4.69, 9.17) is 18.9 Å². The second-order valence-electron chi connectivity index (χ2n) is 11.3. The van der Waals surface area contributed by atoms with Gasteiger partial charge in [-0.15, -0.1) is 0 Å². The van der Waals surface area contributed by atoms with E-state index in [0.717, 1.165) is 67.3 Å². The zero-order valence-corrected chi connectivity index (χ0v) is 25.1. The summed E-state index contributed by atoms with van der Waals surface area (Å²) in [6, 6.07) is 32.4. The monoisotopic (exact) mass is 609 g/mol. The van der Waals surface area contributed by atoms with Crippen molar-refractivity contribution in [1.82, 2.24) is 10.2 Å². The van der Waals surface area contributed by atoms with Gasteiger partial charge in [0.25, 0.3) is 0 Å². The number of nitrogens with one attached hydrogen (secondary N) is 2. The molecule has 9 nitrogen and oxygen atoms in total. The van der Waals surface area contributed by atoms with Gasteiger partial charge in [-0.1, -0.05) is 66.7 Å². The van der Waals surface area contributed by atoms with Crippen LogP contribution in [-0.4, -0.2) is 55.0 Å². The fraction of sp³-hybridized carbons (Fsp3) is 0.306. The molecule has 2 amide bonds. The second-order valence-corrected chi connectivity index (χ2v) is 11.3. The fourth-order valence-electron chi connectivity index (χ4n) is 5.49. The van der Waals surface area contributed by atoms with Crippen LogP contribution in [0.15, 0.2) is 103 Å². The number of carbonyl (C=O) groups excluding carboxylic acids is 1. The second kappa shape index (κ2) is 15.2. The number of amides is 2. The van der Waals surface area contributed by atoms with E-state index in [-0.39, 0.29) is 24.8 Å². The van der Waals surface area contributed by atoms with Crippen LogP contribution >= 0.6 is 0 Å². The van der Waals surface area contributed by atoms with E-state index in [1.165, 1.54) is 0 Å². The van der Waals surface area contributed by atoms with Crippen molar-refractivity contribution in [3.8, 4) is 11.5 Å². The highest BCUT2D eigenvalue weighted by molar-refractivity contribution is 5.89. The average Bonchev–Trinajstić information content (AvgIpc) is 3.09. The molecule has 4 aromatic carbocycles. The molecule has 0 spiro atoms. The summed E-state index contributed by atoms with van der Waals surface area (Å²) in [6.07, 6.45) is 0.0815. The summed E-state index contributed by atoms with van der Waals surface area (Å²) in [6.45, 7) is 4.46. The number of hydrogen-bond donors (Lipinski definition) is 3. The predicted molar refractivity (Wildman–Crippen MR) is 171 cm³/mol. The van der Waals surface area contributed by atoms with E-state index >= 15 is 0 Å². The number of morpholine rings is 1. The molecule has 2 fully saturated rings. The molecule has 0 bridgehead atoms. The molecule has 2 aliphatic heterocycles. The summed E-state index contributed by atoms with van der Waals surface area (Å²) in [5.41, 5.74) is 4.48. The molecule has 9 heteroatoms. The lowest BCUT2D eigenvalue weighted by Crippen LogP contribution is -2.44. The van der Waals surface area contributed by atoms with Gasteiger partial charge >= 0.3 is 6.03 Å². The van der Waals surface area contributed by atoms with Gasteiger partial charge in [0.2, 0.25) is 0 Å². The first-order valence-corrected chi connectivity index (χ1v) is 15.4. The Hall–Kier alpha value is -4.25. The summed E-state index contributed by atoms with van der Waals surface area (Å²) >= 11 is 0. The predicted octanol–water partition coefficient (Wildman–Crippen LogP) is 6.17. The molecule has 0 unspecified atom stereocenters. The smallest absolute Gasteiger partial charge is 0.319 e. The summed E-state index contributed by atoms with van der Waals surface area (Å²) in [5.74, 6) is 1.45. The minimum Gasteiger partial charge on any atom is -0.457 e. The van der Waals surface area contributed by atoms with Gasteiger partial charge in [0.1, 0.15) is 11.5 Å². The van der Waals surface area contributed by atoms with Gasteiger partial charge in [-0.25, -0.2) is 4.79 Å². The van der Waals surface area contributed by atoms with Crippen LogP contribution in [0.25, 0.3) is 0 Å². The highest BCUT2D eigenvalue weighted by atomic mass is 16.7. The Kier molecular flexibility index (Phi) is 10.4. The molecular formula is C36H39N3O6. The first-order valence-electron chi connectivity index (χ1n) is 15.4. The number of urea groups is 1. The molecule has 0 saturated carbocycles. The number of carbonyl (C=O) groups is 1. The third-order valence-electron chi connectivity index (χ3n) is 7.98. The molecule has 0 radical (unpaired) electrons. The van der Waals surface area contributed by atoms with Crippen LogP contribution in [0.2, 0.25) is 0 Å². The molecule has 45 heavy (non-hydrogen) atoms. The first-order chi connectivity index (χ1) is 22.1. The lowest BCUT2D eigenvalue weighted by atomic mass is 9.99. The lowest BCUT2D eigenvalue weighted by molar-refractivity contribution is -0.253. The molecule has 2 saturated heterocycles. The van der Waals surface area contributed by atoms with Crippen molar-refractivity contribution < 1.29 is 28.8 Å². The Morgan fingerprint density at radius 1 is 0.800 bits per heavy atom. The number of para-hydroxylation sites is 1. The number of hydrogen-bond acceptors (Lipinski definition) is 7. The van der Waals surface area contributed by atoms with Gasteiger partial charge in [0, 0.05) is 43.9 Å². The molecule has 0 aliphatic carbocycles. The summed E-state index contributed by atoms with van der Waals surface area (Å²) < 4.78 is 24.3. The van der Waals surface area contributed by atoms with Crippen molar-refractivity contribution in [2.24, 2.45) is 0 Å². The third-order valence-corrected chi connectivity index (χ3v) is 7.98. The number of aliphatic hydroxyl groups excluding tert-OH is 1. The van der Waals surface area contributed by atoms with Crippen LogP contribution in [0.4, 0.5) is 10.5 Å². The largest absolute Gasteiger partial charge is 0.457 e. The van der Waals surface area contributed by atoms with E-state index in [9.17, 15) is 9.90 Å². The van der Waals surface area contributed by atoms with E-state index < -0.39 is 6.29 Å².